The number of benzene rings is 2. The topological polar surface area (TPSA) is 21.1 Å². The van der Waals surface area contributed by atoms with Gasteiger partial charge in [-0.3, -0.25) is 9.58 Å². The van der Waals surface area contributed by atoms with Crippen molar-refractivity contribution in [3.8, 4) is 11.8 Å². The lowest BCUT2D eigenvalue weighted by Gasteiger charge is -2.30. The van der Waals surface area contributed by atoms with E-state index in [2.05, 4.69) is 70.4 Å². The largest absolute Gasteiger partial charge is 0.292 e. The van der Waals surface area contributed by atoms with Crippen molar-refractivity contribution >= 4 is 10.9 Å². The van der Waals surface area contributed by atoms with E-state index in [9.17, 15) is 0 Å². The summed E-state index contributed by atoms with van der Waals surface area (Å²) in [5.74, 6) is 7.49. The van der Waals surface area contributed by atoms with Crippen molar-refractivity contribution in [3.63, 3.8) is 0 Å². The van der Waals surface area contributed by atoms with Crippen LogP contribution in [0.3, 0.4) is 0 Å². The van der Waals surface area contributed by atoms with Crippen LogP contribution in [-0.2, 0) is 13.5 Å². The number of rotatable bonds is 3. The molecule has 0 bridgehead atoms. The minimum Gasteiger partial charge on any atom is -0.292 e. The van der Waals surface area contributed by atoms with Gasteiger partial charge in [-0.2, -0.15) is 5.10 Å². The van der Waals surface area contributed by atoms with E-state index in [1.165, 1.54) is 24.8 Å². The van der Waals surface area contributed by atoms with Crippen LogP contribution in [0.1, 0.15) is 24.0 Å². The average molecular weight is 343 g/mol. The van der Waals surface area contributed by atoms with Crippen molar-refractivity contribution in [2.24, 2.45) is 13.0 Å². The maximum Gasteiger partial charge on any atom is 0.0679 e. The minimum atomic E-state index is 0.814. The van der Waals surface area contributed by atoms with Crippen LogP contribution in [0.4, 0.5) is 0 Å². The Balaban J connectivity index is 1.29. The molecule has 3 nitrogen and oxygen atoms in total. The van der Waals surface area contributed by atoms with Crippen molar-refractivity contribution in [1.82, 2.24) is 14.7 Å². The fraction of sp³-hybridized carbons (Fsp3) is 0.348. The molecule has 132 valence electrons. The Morgan fingerprint density at radius 1 is 1.08 bits per heavy atom. The van der Waals surface area contributed by atoms with Gasteiger partial charge in [-0.15, -0.1) is 0 Å². The maximum absolute atomic E-state index is 4.29. The molecule has 0 aliphatic carbocycles. The lowest BCUT2D eigenvalue weighted by atomic mass is 9.90. The van der Waals surface area contributed by atoms with E-state index in [4.69, 9.17) is 0 Å². The molecule has 2 heterocycles. The first-order valence-electron chi connectivity index (χ1n) is 9.45. The molecule has 0 unspecified atom stereocenters. The van der Waals surface area contributed by atoms with Crippen molar-refractivity contribution < 1.29 is 0 Å². The van der Waals surface area contributed by atoms with Gasteiger partial charge in [0.15, 0.2) is 0 Å². The normalized spacial score (nSPS) is 15.7. The van der Waals surface area contributed by atoms with Crippen LogP contribution in [0.2, 0.25) is 0 Å². The Morgan fingerprint density at radius 3 is 2.69 bits per heavy atom. The zero-order valence-corrected chi connectivity index (χ0v) is 15.4. The Bertz CT molecular complexity index is 922. The number of piperidine rings is 1. The molecule has 1 saturated heterocycles. The average Bonchev–Trinajstić information content (AvgIpc) is 3.04. The summed E-state index contributed by atoms with van der Waals surface area (Å²) in [5.41, 5.74) is 3.69. The number of fused-ring (bicyclic) bond motifs is 1. The van der Waals surface area contributed by atoms with E-state index in [0.717, 1.165) is 42.0 Å². The van der Waals surface area contributed by atoms with E-state index in [1.54, 1.807) is 0 Å². The summed E-state index contributed by atoms with van der Waals surface area (Å²) in [7, 11) is 1.97. The quantitative estimate of drug-likeness (QED) is 0.673. The summed E-state index contributed by atoms with van der Waals surface area (Å²) in [4.78, 5) is 2.48. The molecule has 0 atom stereocenters. The van der Waals surface area contributed by atoms with Gasteiger partial charge in [0.1, 0.15) is 0 Å². The number of aromatic nitrogens is 2. The van der Waals surface area contributed by atoms with Gasteiger partial charge in [-0.1, -0.05) is 42.2 Å². The molecule has 2 aromatic carbocycles. The molecular weight excluding hydrogens is 318 g/mol. The summed E-state index contributed by atoms with van der Waals surface area (Å²) in [6.45, 7) is 3.19. The highest BCUT2D eigenvalue weighted by molar-refractivity contribution is 5.80. The number of likely N-dealkylation sites (tertiary alicyclic amines) is 1. The van der Waals surface area contributed by atoms with Gasteiger partial charge < -0.3 is 0 Å². The monoisotopic (exact) mass is 343 g/mol. The molecule has 1 aliphatic rings. The molecule has 4 rings (SSSR count). The Kier molecular flexibility index (Phi) is 5.04. The van der Waals surface area contributed by atoms with Crippen LogP contribution in [0.25, 0.3) is 10.9 Å². The molecule has 26 heavy (non-hydrogen) atoms. The van der Waals surface area contributed by atoms with Crippen molar-refractivity contribution in [1.29, 1.82) is 0 Å². The van der Waals surface area contributed by atoms with E-state index in [0.29, 0.717) is 0 Å². The highest BCUT2D eigenvalue weighted by atomic mass is 15.2. The summed E-state index contributed by atoms with van der Waals surface area (Å²) < 4.78 is 1.89. The maximum atomic E-state index is 4.29. The molecule has 3 heteroatoms. The predicted molar refractivity (Wildman–Crippen MR) is 107 cm³/mol. The van der Waals surface area contributed by atoms with E-state index in [-0.39, 0.29) is 0 Å². The predicted octanol–water partition coefficient (Wildman–Crippen LogP) is 3.88. The standard InChI is InChI=1S/C23H25N3/c1-25-23-10-9-20(17-22(23)18-24-25)8-5-13-26-14-11-21(12-15-26)16-19-6-3-2-4-7-19/h2-4,6-7,9-10,17-18,21H,11-16H2,1H3. The highest BCUT2D eigenvalue weighted by Crippen LogP contribution is 2.21. The van der Waals surface area contributed by atoms with Crippen LogP contribution in [0, 0.1) is 17.8 Å². The van der Waals surface area contributed by atoms with Crippen molar-refractivity contribution in [3.05, 3.63) is 65.9 Å². The van der Waals surface area contributed by atoms with Gasteiger partial charge in [-0.05, 0) is 62.0 Å². The van der Waals surface area contributed by atoms with Gasteiger partial charge >= 0.3 is 0 Å². The van der Waals surface area contributed by atoms with Gasteiger partial charge in [-0.25, -0.2) is 0 Å². The van der Waals surface area contributed by atoms with Crippen LogP contribution < -0.4 is 0 Å². The highest BCUT2D eigenvalue weighted by Gasteiger charge is 2.18. The molecule has 0 saturated carbocycles. The molecule has 1 aromatic heterocycles. The van der Waals surface area contributed by atoms with Crippen molar-refractivity contribution in [2.75, 3.05) is 19.6 Å². The summed E-state index contributed by atoms with van der Waals surface area (Å²) in [6.07, 6.45) is 5.67. The second-order valence-corrected chi connectivity index (χ2v) is 7.25. The lowest BCUT2D eigenvalue weighted by Crippen LogP contribution is -2.34. The Hall–Kier alpha value is -2.57. The fourth-order valence-corrected chi connectivity index (χ4v) is 3.79. The summed E-state index contributed by atoms with van der Waals surface area (Å²) in [5, 5.41) is 5.44. The second-order valence-electron chi connectivity index (χ2n) is 7.25. The van der Waals surface area contributed by atoms with E-state index in [1.807, 2.05) is 17.9 Å². The van der Waals surface area contributed by atoms with Crippen LogP contribution >= 0.6 is 0 Å². The molecule has 1 aliphatic heterocycles. The third-order valence-corrected chi connectivity index (χ3v) is 5.36. The van der Waals surface area contributed by atoms with Crippen LogP contribution in [-0.4, -0.2) is 34.3 Å². The van der Waals surface area contributed by atoms with Crippen LogP contribution in [0.5, 0.6) is 0 Å². The molecule has 0 spiro atoms. The molecule has 0 N–H and O–H groups in total. The third kappa shape index (κ3) is 3.98. The first-order chi connectivity index (χ1) is 12.8. The molecule has 1 fully saturated rings. The fourth-order valence-electron chi connectivity index (χ4n) is 3.79. The molecular formula is C23H25N3. The third-order valence-electron chi connectivity index (χ3n) is 5.36. The van der Waals surface area contributed by atoms with E-state index >= 15 is 0 Å². The van der Waals surface area contributed by atoms with E-state index < -0.39 is 0 Å². The van der Waals surface area contributed by atoms with Gasteiger partial charge in [0.25, 0.3) is 0 Å². The first-order valence-corrected chi connectivity index (χ1v) is 9.45. The minimum absolute atomic E-state index is 0.814. The van der Waals surface area contributed by atoms with Gasteiger partial charge in [0.05, 0.1) is 18.3 Å². The van der Waals surface area contributed by atoms with Gasteiger partial charge in [0, 0.05) is 18.0 Å². The zero-order chi connectivity index (χ0) is 17.8. The molecule has 0 radical (unpaired) electrons. The smallest absolute Gasteiger partial charge is 0.0679 e. The summed E-state index contributed by atoms with van der Waals surface area (Å²) >= 11 is 0. The van der Waals surface area contributed by atoms with Crippen molar-refractivity contribution in [2.45, 2.75) is 19.3 Å². The van der Waals surface area contributed by atoms with Gasteiger partial charge in [0.2, 0.25) is 0 Å². The molecule has 3 aromatic rings. The Morgan fingerprint density at radius 2 is 1.88 bits per heavy atom. The number of nitrogens with zero attached hydrogens (tertiary/aromatic N) is 3. The Labute approximate surface area is 155 Å². The van der Waals surface area contributed by atoms with Crippen LogP contribution in [0.15, 0.2) is 54.7 Å². The first kappa shape index (κ1) is 16.9. The zero-order valence-electron chi connectivity index (χ0n) is 15.4. The number of hydrogen-bond donors (Lipinski definition) is 0. The number of aryl methyl sites for hydroxylation is 1. The molecule has 0 amide bonds. The number of hydrogen-bond acceptors (Lipinski definition) is 2. The SMILES string of the molecule is Cn1ncc2cc(C#CCN3CCC(Cc4ccccc4)CC3)ccc21. The summed E-state index contributed by atoms with van der Waals surface area (Å²) in [6, 6.07) is 17.2. The lowest BCUT2D eigenvalue weighted by molar-refractivity contribution is 0.203. The second kappa shape index (κ2) is 7.76.